The molecule has 4 heteroatoms. The van der Waals surface area contributed by atoms with E-state index in [0.29, 0.717) is 18.0 Å². The van der Waals surface area contributed by atoms with Crippen LogP contribution in [0.25, 0.3) is 0 Å². The molecule has 1 N–H and O–H groups in total. The van der Waals surface area contributed by atoms with E-state index in [2.05, 4.69) is 37.9 Å². The SMILES string of the molecule is CC(C)[C@H](C)N(C(=O)N[C@H](C)[C@@H]1CCCO1)C1CC1. The van der Waals surface area contributed by atoms with Gasteiger partial charge in [0, 0.05) is 18.7 Å². The summed E-state index contributed by atoms with van der Waals surface area (Å²) in [6.45, 7) is 9.39. The lowest BCUT2D eigenvalue weighted by Crippen LogP contribution is -2.52. The lowest BCUT2D eigenvalue weighted by Gasteiger charge is -2.34. The Morgan fingerprint density at radius 3 is 2.37 bits per heavy atom. The van der Waals surface area contributed by atoms with Crippen LogP contribution in [0.2, 0.25) is 0 Å². The fourth-order valence-electron chi connectivity index (χ4n) is 2.72. The van der Waals surface area contributed by atoms with Crippen molar-refractivity contribution in [1.82, 2.24) is 10.2 Å². The molecule has 4 nitrogen and oxygen atoms in total. The van der Waals surface area contributed by atoms with Gasteiger partial charge in [-0.15, -0.1) is 0 Å². The van der Waals surface area contributed by atoms with E-state index in [1.807, 2.05) is 0 Å². The molecule has 0 unspecified atom stereocenters. The number of urea groups is 1. The quantitative estimate of drug-likeness (QED) is 0.833. The van der Waals surface area contributed by atoms with E-state index in [1.165, 1.54) is 0 Å². The van der Waals surface area contributed by atoms with Crippen LogP contribution in [-0.4, -0.2) is 41.8 Å². The van der Waals surface area contributed by atoms with Crippen molar-refractivity contribution in [3.05, 3.63) is 0 Å². The summed E-state index contributed by atoms with van der Waals surface area (Å²) in [7, 11) is 0. The Kier molecular flexibility index (Phi) is 4.71. The van der Waals surface area contributed by atoms with Gasteiger partial charge in [0.25, 0.3) is 0 Å². The third-order valence-corrected chi connectivity index (χ3v) is 4.45. The molecule has 1 saturated heterocycles. The monoisotopic (exact) mass is 268 g/mol. The Balaban J connectivity index is 1.91. The molecule has 0 aromatic carbocycles. The van der Waals surface area contributed by atoms with Crippen LogP contribution in [0.5, 0.6) is 0 Å². The maximum atomic E-state index is 12.5. The van der Waals surface area contributed by atoms with E-state index >= 15 is 0 Å². The first-order chi connectivity index (χ1) is 9.00. The molecule has 1 saturated carbocycles. The highest BCUT2D eigenvalue weighted by atomic mass is 16.5. The molecule has 110 valence electrons. The highest BCUT2D eigenvalue weighted by Crippen LogP contribution is 2.30. The van der Waals surface area contributed by atoms with Gasteiger partial charge in [-0.05, 0) is 45.4 Å². The first-order valence-corrected chi connectivity index (χ1v) is 7.71. The third-order valence-electron chi connectivity index (χ3n) is 4.45. The van der Waals surface area contributed by atoms with Crippen LogP contribution in [0.1, 0.15) is 53.4 Å². The minimum Gasteiger partial charge on any atom is -0.376 e. The van der Waals surface area contributed by atoms with Gasteiger partial charge >= 0.3 is 6.03 Å². The Hall–Kier alpha value is -0.770. The molecule has 1 heterocycles. The molecule has 2 amide bonds. The Morgan fingerprint density at radius 1 is 1.21 bits per heavy atom. The Morgan fingerprint density at radius 2 is 1.89 bits per heavy atom. The van der Waals surface area contributed by atoms with Gasteiger partial charge in [0.1, 0.15) is 0 Å². The van der Waals surface area contributed by atoms with Crippen molar-refractivity contribution in [3.63, 3.8) is 0 Å². The lowest BCUT2D eigenvalue weighted by atomic mass is 10.0. The third kappa shape index (κ3) is 3.62. The maximum Gasteiger partial charge on any atom is 0.318 e. The molecule has 2 rings (SSSR count). The van der Waals surface area contributed by atoms with Gasteiger partial charge in [-0.3, -0.25) is 0 Å². The average Bonchev–Trinajstić information content (AvgIpc) is 3.02. The van der Waals surface area contributed by atoms with Gasteiger partial charge in [0.15, 0.2) is 0 Å². The second-order valence-corrected chi connectivity index (χ2v) is 6.41. The Bertz CT molecular complexity index is 309. The zero-order valence-electron chi connectivity index (χ0n) is 12.7. The van der Waals surface area contributed by atoms with Crippen LogP contribution in [0.15, 0.2) is 0 Å². The number of rotatable bonds is 5. The molecule has 1 aliphatic heterocycles. The standard InChI is InChI=1S/C15H28N2O2/c1-10(2)12(4)17(13-7-8-13)15(18)16-11(3)14-6-5-9-19-14/h10-14H,5-9H2,1-4H3,(H,16,18)/t11-,12+,14+/m1/s1. The molecule has 1 aliphatic carbocycles. The fraction of sp³-hybridized carbons (Fsp3) is 0.933. The van der Waals surface area contributed by atoms with Gasteiger partial charge in [0.05, 0.1) is 12.1 Å². The van der Waals surface area contributed by atoms with Gasteiger partial charge in [-0.1, -0.05) is 13.8 Å². The number of ether oxygens (including phenoxy) is 1. The molecule has 0 spiro atoms. The molecular formula is C15H28N2O2. The van der Waals surface area contributed by atoms with E-state index < -0.39 is 0 Å². The van der Waals surface area contributed by atoms with Crippen molar-refractivity contribution in [2.75, 3.05) is 6.61 Å². The summed E-state index contributed by atoms with van der Waals surface area (Å²) >= 11 is 0. The zero-order chi connectivity index (χ0) is 14.0. The van der Waals surface area contributed by atoms with Crippen LogP contribution in [0, 0.1) is 5.92 Å². The summed E-state index contributed by atoms with van der Waals surface area (Å²) in [6.07, 6.45) is 4.67. The summed E-state index contributed by atoms with van der Waals surface area (Å²) in [5.74, 6) is 0.490. The number of hydrogen-bond donors (Lipinski definition) is 1. The highest BCUT2D eigenvalue weighted by Gasteiger charge is 2.37. The minimum atomic E-state index is 0.0895. The summed E-state index contributed by atoms with van der Waals surface area (Å²) in [5, 5.41) is 3.14. The predicted octanol–water partition coefficient (Wildman–Crippen LogP) is 2.77. The number of amides is 2. The van der Waals surface area contributed by atoms with Crippen molar-refractivity contribution in [2.45, 2.75) is 77.6 Å². The van der Waals surface area contributed by atoms with E-state index in [9.17, 15) is 4.79 Å². The number of nitrogens with zero attached hydrogens (tertiary/aromatic N) is 1. The summed E-state index contributed by atoms with van der Waals surface area (Å²) in [6, 6.07) is 0.945. The first-order valence-electron chi connectivity index (χ1n) is 7.71. The summed E-state index contributed by atoms with van der Waals surface area (Å²) in [4.78, 5) is 14.5. The van der Waals surface area contributed by atoms with Crippen LogP contribution in [0.4, 0.5) is 4.79 Å². The lowest BCUT2D eigenvalue weighted by molar-refractivity contribution is 0.0804. The van der Waals surface area contributed by atoms with E-state index in [-0.39, 0.29) is 18.2 Å². The maximum absolute atomic E-state index is 12.5. The normalized spacial score (nSPS) is 26.3. The van der Waals surface area contributed by atoms with Crippen LogP contribution >= 0.6 is 0 Å². The molecule has 2 fully saturated rings. The molecule has 0 bridgehead atoms. The summed E-state index contributed by atoms with van der Waals surface area (Å²) < 4.78 is 5.65. The molecular weight excluding hydrogens is 240 g/mol. The van der Waals surface area contributed by atoms with Crippen molar-refractivity contribution in [3.8, 4) is 0 Å². The van der Waals surface area contributed by atoms with Gasteiger partial charge in [-0.25, -0.2) is 4.79 Å². The predicted molar refractivity (Wildman–Crippen MR) is 76.1 cm³/mol. The smallest absolute Gasteiger partial charge is 0.318 e. The second-order valence-electron chi connectivity index (χ2n) is 6.41. The van der Waals surface area contributed by atoms with Crippen LogP contribution in [0.3, 0.4) is 0 Å². The topological polar surface area (TPSA) is 41.6 Å². The zero-order valence-corrected chi connectivity index (χ0v) is 12.7. The average molecular weight is 268 g/mol. The van der Waals surface area contributed by atoms with Crippen molar-refractivity contribution < 1.29 is 9.53 Å². The van der Waals surface area contributed by atoms with Crippen molar-refractivity contribution in [2.24, 2.45) is 5.92 Å². The van der Waals surface area contributed by atoms with E-state index in [1.54, 1.807) is 0 Å². The van der Waals surface area contributed by atoms with Gasteiger partial charge in [-0.2, -0.15) is 0 Å². The van der Waals surface area contributed by atoms with Gasteiger partial charge < -0.3 is 15.0 Å². The minimum absolute atomic E-state index is 0.0895. The molecule has 0 aromatic heterocycles. The summed E-state index contributed by atoms with van der Waals surface area (Å²) in [5.41, 5.74) is 0. The largest absolute Gasteiger partial charge is 0.376 e. The van der Waals surface area contributed by atoms with Crippen molar-refractivity contribution in [1.29, 1.82) is 0 Å². The molecule has 0 radical (unpaired) electrons. The molecule has 0 aromatic rings. The molecule has 2 aliphatic rings. The van der Waals surface area contributed by atoms with E-state index in [0.717, 1.165) is 32.3 Å². The number of carbonyl (C=O) groups excluding carboxylic acids is 1. The fourth-order valence-corrected chi connectivity index (χ4v) is 2.72. The highest BCUT2D eigenvalue weighted by molar-refractivity contribution is 5.75. The van der Waals surface area contributed by atoms with Crippen LogP contribution < -0.4 is 5.32 Å². The molecule has 19 heavy (non-hydrogen) atoms. The van der Waals surface area contributed by atoms with Crippen molar-refractivity contribution >= 4 is 6.03 Å². The van der Waals surface area contributed by atoms with Crippen LogP contribution in [-0.2, 0) is 4.74 Å². The van der Waals surface area contributed by atoms with Gasteiger partial charge in [0.2, 0.25) is 0 Å². The first kappa shape index (κ1) is 14.6. The number of hydrogen-bond acceptors (Lipinski definition) is 2. The number of nitrogens with one attached hydrogen (secondary N) is 1. The second kappa shape index (κ2) is 6.12. The van der Waals surface area contributed by atoms with E-state index in [4.69, 9.17) is 4.74 Å². The molecule has 3 atom stereocenters. The Labute approximate surface area is 116 Å². The number of carbonyl (C=O) groups is 1.